The first-order chi connectivity index (χ1) is 22.8. The van der Waals surface area contributed by atoms with Gasteiger partial charge in [-0.25, -0.2) is 0 Å². The van der Waals surface area contributed by atoms with Gasteiger partial charge >= 0.3 is 0 Å². The maximum atomic E-state index is 2.43. The molecule has 0 radical (unpaired) electrons. The van der Waals surface area contributed by atoms with Crippen LogP contribution >= 0.6 is 0 Å². The molecule has 2 heterocycles. The van der Waals surface area contributed by atoms with Crippen LogP contribution < -0.4 is 0 Å². The average molecular weight is 585 g/mol. The Hall–Kier alpha value is -6.12. The highest BCUT2D eigenvalue weighted by Gasteiger charge is 2.17. The van der Waals surface area contributed by atoms with Gasteiger partial charge < -0.3 is 9.13 Å². The highest BCUT2D eigenvalue weighted by atomic mass is 15.0. The minimum atomic E-state index is 1.21. The monoisotopic (exact) mass is 584 g/mol. The zero-order valence-electron chi connectivity index (χ0n) is 25.1. The van der Waals surface area contributed by atoms with E-state index in [9.17, 15) is 0 Å². The molecule has 2 aromatic heterocycles. The van der Waals surface area contributed by atoms with Crippen molar-refractivity contribution < 1.29 is 0 Å². The van der Waals surface area contributed by atoms with Gasteiger partial charge in [0.2, 0.25) is 0 Å². The fourth-order valence-electron chi connectivity index (χ4n) is 7.63. The molecule has 0 spiro atoms. The Morgan fingerprint density at radius 2 is 0.630 bits per heavy atom. The Morgan fingerprint density at radius 1 is 0.261 bits per heavy atom. The summed E-state index contributed by atoms with van der Waals surface area (Å²) in [7, 11) is 0. The van der Waals surface area contributed by atoms with Gasteiger partial charge in [0.15, 0.2) is 0 Å². The van der Waals surface area contributed by atoms with Crippen molar-refractivity contribution in [1.82, 2.24) is 9.13 Å². The zero-order chi connectivity index (χ0) is 30.2. The van der Waals surface area contributed by atoms with Crippen molar-refractivity contribution in [1.29, 1.82) is 0 Å². The Kier molecular flexibility index (Phi) is 5.31. The van der Waals surface area contributed by atoms with Crippen LogP contribution in [-0.2, 0) is 0 Å². The second-order valence-electron chi connectivity index (χ2n) is 12.2. The maximum Gasteiger partial charge on any atom is 0.0541 e. The van der Waals surface area contributed by atoms with Crippen LogP contribution in [0.15, 0.2) is 170 Å². The Balaban J connectivity index is 1.20. The lowest BCUT2D eigenvalue weighted by atomic mass is 10.0. The molecular weight excluding hydrogens is 556 g/mol. The number of rotatable bonds is 3. The first-order valence-electron chi connectivity index (χ1n) is 15.9. The highest BCUT2D eigenvalue weighted by molar-refractivity contribution is 6.14. The second kappa shape index (κ2) is 9.69. The van der Waals surface area contributed by atoms with E-state index in [0.29, 0.717) is 0 Å². The zero-order valence-corrected chi connectivity index (χ0v) is 25.1. The number of benzene rings is 8. The molecule has 2 heteroatoms. The molecule has 214 valence electrons. The van der Waals surface area contributed by atoms with Crippen LogP contribution in [-0.4, -0.2) is 9.13 Å². The summed E-state index contributed by atoms with van der Waals surface area (Å²) in [6.45, 7) is 0. The summed E-state index contributed by atoms with van der Waals surface area (Å²) in [5.74, 6) is 0. The molecule has 0 bridgehead atoms. The van der Waals surface area contributed by atoms with Crippen molar-refractivity contribution in [2.75, 3.05) is 0 Å². The van der Waals surface area contributed by atoms with Gasteiger partial charge in [0, 0.05) is 32.3 Å². The Labute approximate surface area is 266 Å². The molecular formula is C44H28N2. The van der Waals surface area contributed by atoms with Crippen molar-refractivity contribution in [2.45, 2.75) is 0 Å². The standard InChI is InChI=1S/C44H28N2/c1-3-15-33-29(11-1)13-9-21-39(33)45-41-19-7-5-17-35(41)37-27-31(23-25-43(37)45)32-24-26-44-38(28-32)36-18-6-8-20-42(36)46(44)40-22-10-14-30-12-2-4-16-34(30)40/h1-28H. The summed E-state index contributed by atoms with van der Waals surface area (Å²) in [5, 5.41) is 10.1. The van der Waals surface area contributed by atoms with E-state index in [1.54, 1.807) is 0 Å². The molecule has 10 rings (SSSR count). The third-order valence-electron chi connectivity index (χ3n) is 9.69. The van der Waals surface area contributed by atoms with Crippen LogP contribution in [0.25, 0.3) is 87.7 Å². The second-order valence-corrected chi connectivity index (χ2v) is 12.2. The third-order valence-corrected chi connectivity index (χ3v) is 9.69. The first-order valence-corrected chi connectivity index (χ1v) is 15.9. The van der Waals surface area contributed by atoms with Gasteiger partial charge in [-0.05, 0) is 70.4 Å². The quantitative estimate of drug-likeness (QED) is 0.195. The van der Waals surface area contributed by atoms with Gasteiger partial charge in [-0.2, -0.15) is 0 Å². The number of hydrogen-bond donors (Lipinski definition) is 0. The predicted octanol–water partition coefficient (Wildman–Crippen LogP) is 11.9. The predicted molar refractivity (Wildman–Crippen MR) is 196 cm³/mol. The van der Waals surface area contributed by atoms with E-state index >= 15 is 0 Å². The molecule has 46 heavy (non-hydrogen) atoms. The van der Waals surface area contributed by atoms with Crippen LogP contribution in [0.4, 0.5) is 0 Å². The summed E-state index contributed by atoms with van der Waals surface area (Å²) in [4.78, 5) is 0. The van der Waals surface area contributed by atoms with E-state index in [4.69, 9.17) is 0 Å². The van der Waals surface area contributed by atoms with E-state index < -0.39 is 0 Å². The molecule has 0 saturated heterocycles. The number of nitrogens with zero attached hydrogens (tertiary/aromatic N) is 2. The molecule has 0 aliphatic carbocycles. The van der Waals surface area contributed by atoms with Crippen LogP contribution in [0.3, 0.4) is 0 Å². The van der Waals surface area contributed by atoms with Gasteiger partial charge in [-0.15, -0.1) is 0 Å². The van der Waals surface area contributed by atoms with Crippen molar-refractivity contribution in [2.24, 2.45) is 0 Å². The minimum Gasteiger partial charge on any atom is -0.309 e. The van der Waals surface area contributed by atoms with Crippen molar-refractivity contribution in [3.05, 3.63) is 170 Å². The van der Waals surface area contributed by atoms with Gasteiger partial charge in [0.05, 0.1) is 33.4 Å². The summed E-state index contributed by atoms with van der Waals surface area (Å²) in [5.41, 5.74) is 9.73. The molecule has 0 N–H and O–H groups in total. The van der Waals surface area contributed by atoms with Crippen molar-refractivity contribution >= 4 is 65.2 Å². The number of para-hydroxylation sites is 2. The van der Waals surface area contributed by atoms with Gasteiger partial charge in [0.1, 0.15) is 0 Å². The molecule has 0 aliphatic rings. The van der Waals surface area contributed by atoms with E-state index in [0.717, 1.165) is 0 Å². The number of hydrogen-bond acceptors (Lipinski definition) is 0. The SMILES string of the molecule is c1ccc2c(-n3c4ccccc4c4cc(-c5ccc6c(c5)c5ccccc5n6-c5cccc6ccccc56)ccc43)cccc2c1. The van der Waals surface area contributed by atoms with Crippen LogP contribution in [0.5, 0.6) is 0 Å². The topological polar surface area (TPSA) is 9.86 Å². The fraction of sp³-hybridized carbons (Fsp3) is 0. The lowest BCUT2D eigenvalue weighted by molar-refractivity contribution is 1.20. The third kappa shape index (κ3) is 3.59. The average Bonchev–Trinajstić information content (AvgIpc) is 3.63. The van der Waals surface area contributed by atoms with E-state index in [1.807, 2.05) is 0 Å². The largest absolute Gasteiger partial charge is 0.309 e. The summed E-state index contributed by atoms with van der Waals surface area (Å²) >= 11 is 0. The van der Waals surface area contributed by atoms with E-state index in [1.165, 1.54) is 87.7 Å². The first kappa shape index (κ1) is 25.2. The molecule has 0 fully saturated rings. The van der Waals surface area contributed by atoms with Crippen molar-refractivity contribution in [3.63, 3.8) is 0 Å². The van der Waals surface area contributed by atoms with Crippen molar-refractivity contribution in [3.8, 4) is 22.5 Å². The Morgan fingerprint density at radius 3 is 1.11 bits per heavy atom. The number of fused-ring (bicyclic) bond motifs is 8. The van der Waals surface area contributed by atoms with Crippen LogP contribution in [0.1, 0.15) is 0 Å². The van der Waals surface area contributed by atoms with E-state index in [2.05, 4.69) is 179 Å². The van der Waals surface area contributed by atoms with Crippen LogP contribution in [0.2, 0.25) is 0 Å². The molecule has 0 atom stereocenters. The molecule has 0 unspecified atom stereocenters. The summed E-state index contributed by atoms with van der Waals surface area (Å²) in [6, 6.07) is 62.0. The smallest absolute Gasteiger partial charge is 0.0541 e. The molecule has 0 aliphatic heterocycles. The van der Waals surface area contributed by atoms with Gasteiger partial charge in [-0.1, -0.05) is 121 Å². The molecule has 0 saturated carbocycles. The minimum absolute atomic E-state index is 1.21. The molecule has 2 nitrogen and oxygen atoms in total. The fourth-order valence-corrected chi connectivity index (χ4v) is 7.63. The van der Waals surface area contributed by atoms with Gasteiger partial charge in [0.25, 0.3) is 0 Å². The molecule has 0 amide bonds. The maximum absolute atomic E-state index is 2.43. The van der Waals surface area contributed by atoms with E-state index in [-0.39, 0.29) is 0 Å². The summed E-state index contributed by atoms with van der Waals surface area (Å²) < 4.78 is 4.86. The van der Waals surface area contributed by atoms with Crippen LogP contribution in [0, 0.1) is 0 Å². The lowest BCUT2D eigenvalue weighted by Crippen LogP contribution is -1.95. The van der Waals surface area contributed by atoms with Gasteiger partial charge in [-0.3, -0.25) is 0 Å². The summed E-state index contributed by atoms with van der Waals surface area (Å²) in [6.07, 6.45) is 0. The molecule has 8 aromatic carbocycles. The normalized spacial score (nSPS) is 11.9. The Bertz CT molecular complexity index is 2610. The number of aromatic nitrogens is 2. The lowest BCUT2D eigenvalue weighted by Gasteiger charge is -2.12. The molecule has 10 aromatic rings. The highest BCUT2D eigenvalue weighted by Crippen LogP contribution is 2.39.